The van der Waals surface area contributed by atoms with Crippen LogP contribution in [0.4, 0.5) is 0 Å². The van der Waals surface area contributed by atoms with Crippen molar-refractivity contribution in [1.82, 2.24) is 5.32 Å². The highest BCUT2D eigenvalue weighted by atomic mass is 16.5. The molecule has 6 heteroatoms. The Morgan fingerprint density at radius 2 is 2.18 bits per heavy atom. The Balaban J connectivity index is 2.48. The summed E-state index contributed by atoms with van der Waals surface area (Å²) in [6, 6.07) is 6.86. The van der Waals surface area contributed by atoms with E-state index in [0.29, 0.717) is 18.7 Å². The van der Waals surface area contributed by atoms with Gasteiger partial charge in [-0.25, -0.2) is 0 Å². The van der Waals surface area contributed by atoms with Crippen LogP contribution in [-0.4, -0.2) is 25.6 Å². The number of rotatable bonds is 6. The van der Waals surface area contributed by atoms with E-state index in [1.54, 1.807) is 24.3 Å². The number of nitrogens with zero attached hydrogens (tertiary/aromatic N) is 3. The lowest BCUT2D eigenvalue weighted by Crippen LogP contribution is -2.25. The summed E-state index contributed by atoms with van der Waals surface area (Å²) in [4.78, 5) is 14.2. The minimum Gasteiger partial charge on any atom is -0.494 e. The Labute approximate surface area is 99.2 Å². The summed E-state index contributed by atoms with van der Waals surface area (Å²) < 4.78 is 5.27. The first kappa shape index (κ1) is 12.9. The van der Waals surface area contributed by atoms with E-state index < -0.39 is 0 Å². The standard InChI is InChI=1S/C11H14N4O2/c1-2-17-10-5-3-9(4-6-10)11(16)13-7-8-14-15-12/h3-6H,2,7-8H2,1H3,(H,13,16). The number of nitrogens with one attached hydrogen (secondary N) is 1. The molecule has 6 nitrogen and oxygen atoms in total. The van der Waals surface area contributed by atoms with Gasteiger partial charge in [-0.05, 0) is 36.7 Å². The molecule has 0 unspecified atom stereocenters. The smallest absolute Gasteiger partial charge is 0.251 e. The highest BCUT2D eigenvalue weighted by molar-refractivity contribution is 5.94. The van der Waals surface area contributed by atoms with Crippen molar-refractivity contribution in [2.75, 3.05) is 19.7 Å². The molecule has 17 heavy (non-hydrogen) atoms. The van der Waals surface area contributed by atoms with E-state index in [1.807, 2.05) is 6.92 Å². The molecule has 1 aromatic carbocycles. The van der Waals surface area contributed by atoms with Gasteiger partial charge < -0.3 is 10.1 Å². The molecule has 0 radical (unpaired) electrons. The molecule has 0 fully saturated rings. The number of benzene rings is 1. The zero-order valence-electron chi connectivity index (χ0n) is 9.59. The summed E-state index contributed by atoms with van der Waals surface area (Å²) in [5.41, 5.74) is 8.61. The molecule has 0 aromatic heterocycles. The third-order valence-corrected chi connectivity index (χ3v) is 1.99. The van der Waals surface area contributed by atoms with Crippen LogP contribution in [0.1, 0.15) is 17.3 Å². The van der Waals surface area contributed by atoms with Gasteiger partial charge in [0.15, 0.2) is 0 Å². The van der Waals surface area contributed by atoms with Gasteiger partial charge in [0.25, 0.3) is 5.91 Å². The van der Waals surface area contributed by atoms with E-state index in [0.717, 1.165) is 5.75 Å². The van der Waals surface area contributed by atoms with Gasteiger partial charge in [0.2, 0.25) is 0 Å². The minimum atomic E-state index is -0.193. The molecule has 0 saturated heterocycles. The molecule has 0 bridgehead atoms. The summed E-state index contributed by atoms with van der Waals surface area (Å²) in [7, 11) is 0. The average molecular weight is 234 g/mol. The van der Waals surface area contributed by atoms with Crippen LogP contribution in [0, 0.1) is 0 Å². The fourth-order valence-corrected chi connectivity index (χ4v) is 1.24. The van der Waals surface area contributed by atoms with E-state index in [4.69, 9.17) is 10.3 Å². The van der Waals surface area contributed by atoms with Crippen LogP contribution in [0.2, 0.25) is 0 Å². The fraction of sp³-hybridized carbons (Fsp3) is 0.364. The van der Waals surface area contributed by atoms with Gasteiger partial charge in [-0.1, -0.05) is 5.11 Å². The quantitative estimate of drug-likeness (QED) is 0.353. The first-order valence-corrected chi connectivity index (χ1v) is 5.30. The van der Waals surface area contributed by atoms with Gasteiger partial charge in [-0.2, -0.15) is 0 Å². The topological polar surface area (TPSA) is 87.1 Å². The molecule has 1 amide bonds. The Kier molecular flexibility index (Phi) is 5.40. The van der Waals surface area contributed by atoms with Gasteiger partial charge in [0.1, 0.15) is 5.75 Å². The molecule has 90 valence electrons. The predicted molar refractivity (Wildman–Crippen MR) is 64.0 cm³/mol. The van der Waals surface area contributed by atoms with Crippen molar-refractivity contribution in [1.29, 1.82) is 0 Å². The number of hydrogen-bond acceptors (Lipinski definition) is 3. The monoisotopic (exact) mass is 234 g/mol. The largest absolute Gasteiger partial charge is 0.494 e. The van der Waals surface area contributed by atoms with Crippen molar-refractivity contribution in [3.05, 3.63) is 40.3 Å². The Bertz CT molecular complexity index is 410. The first-order valence-electron chi connectivity index (χ1n) is 5.30. The van der Waals surface area contributed by atoms with Crippen LogP contribution in [0.5, 0.6) is 5.75 Å². The maximum atomic E-state index is 11.6. The van der Waals surface area contributed by atoms with E-state index in [9.17, 15) is 4.79 Å². The van der Waals surface area contributed by atoms with Gasteiger partial charge >= 0.3 is 0 Å². The summed E-state index contributed by atoms with van der Waals surface area (Å²) in [5.74, 6) is 0.541. The van der Waals surface area contributed by atoms with Gasteiger partial charge in [-0.3, -0.25) is 4.79 Å². The molecular weight excluding hydrogens is 220 g/mol. The maximum absolute atomic E-state index is 11.6. The second-order valence-corrected chi connectivity index (χ2v) is 3.17. The van der Waals surface area contributed by atoms with Crippen LogP contribution >= 0.6 is 0 Å². The molecule has 0 aliphatic rings. The zero-order chi connectivity index (χ0) is 12.5. The van der Waals surface area contributed by atoms with Crippen LogP contribution < -0.4 is 10.1 Å². The number of hydrogen-bond donors (Lipinski definition) is 1. The second kappa shape index (κ2) is 7.14. The summed E-state index contributed by atoms with van der Waals surface area (Å²) in [6.07, 6.45) is 0. The highest BCUT2D eigenvalue weighted by Gasteiger charge is 2.04. The zero-order valence-corrected chi connectivity index (χ0v) is 9.59. The molecule has 0 heterocycles. The fourth-order valence-electron chi connectivity index (χ4n) is 1.24. The van der Waals surface area contributed by atoms with Gasteiger partial charge in [-0.15, -0.1) is 0 Å². The van der Waals surface area contributed by atoms with Crippen molar-refractivity contribution in [3.63, 3.8) is 0 Å². The first-order chi connectivity index (χ1) is 8.27. The van der Waals surface area contributed by atoms with E-state index in [-0.39, 0.29) is 12.5 Å². The number of ether oxygens (including phenoxy) is 1. The van der Waals surface area contributed by atoms with E-state index >= 15 is 0 Å². The third-order valence-electron chi connectivity index (χ3n) is 1.99. The lowest BCUT2D eigenvalue weighted by Gasteiger charge is -2.05. The SMILES string of the molecule is CCOc1ccc(C(=O)NCCN=[N+]=[N-])cc1. The van der Waals surface area contributed by atoms with Crippen LogP contribution in [0.15, 0.2) is 29.4 Å². The number of amides is 1. The van der Waals surface area contributed by atoms with Crippen molar-refractivity contribution in [2.45, 2.75) is 6.92 Å². The molecule has 0 spiro atoms. The Hall–Kier alpha value is -2.20. The lowest BCUT2D eigenvalue weighted by atomic mass is 10.2. The summed E-state index contributed by atoms with van der Waals surface area (Å²) in [5, 5.41) is 5.96. The average Bonchev–Trinajstić information content (AvgIpc) is 2.36. The van der Waals surface area contributed by atoms with Crippen LogP contribution in [0.25, 0.3) is 10.4 Å². The number of carbonyl (C=O) groups is 1. The predicted octanol–water partition coefficient (Wildman–Crippen LogP) is 2.13. The number of carbonyl (C=O) groups excluding carboxylic acids is 1. The van der Waals surface area contributed by atoms with Gasteiger partial charge in [0, 0.05) is 23.6 Å². The van der Waals surface area contributed by atoms with Crippen molar-refractivity contribution in [3.8, 4) is 5.75 Å². The Morgan fingerprint density at radius 3 is 2.76 bits per heavy atom. The summed E-state index contributed by atoms with van der Waals surface area (Å²) >= 11 is 0. The van der Waals surface area contributed by atoms with E-state index in [1.165, 1.54) is 0 Å². The minimum absolute atomic E-state index is 0.193. The van der Waals surface area contributed by atoms with Crippen molar-refractivity contribution >= 4 is 5.91 Å². The van der Waals surface area contributed by atoms with Gasteiger partial charge in [0.05, 0.1) is 6.61 Å². The summed E-state index contributed by atoms with van der Waals surface area (Å²) in [6.45, 7) is 3.07. The molecule has 1 aromatic rings. The molecule has 0 saturated carbocycles. The molecule has 0 aliphatic heterocycles. The molecule has 1 rings (SSSR count). The maximum Gasteiger partial charge on any atom is 0.251 e. The highest BCUT2D eigenvalue weighted by Crippen LogP contribution is 2.11. The normalized spacial score (nSPS) is 9.24. The number of azide groups is 1. The molecule has 0 aliphatic carbocycles. The lowest BCUT2D eigenvalue weighted by molar-refractivity contribution is 0.0955. The van der Waals surface area contributed by atoms with E-state index in [2.05, 4.69) is 15.3 Å². The van der Waals surface area contributed by atoms with Crippen molar-refractivity contribution in [2.24, 2.45) is 5.11 Å². The molecular formula is C11H14N4O2. The molecule has 1 N–H and O–H groups in total. The Morgan fingerprint density at radius 1 is 1.47 bits per heavy atom. The third kappa shape index (κ3) is 4.44. The second-order valence-electron chi connectivity index (χ2n) is 3.17. The molecule has 0 atom stereocenters. The van der Waals surface area contributed by atoms with Crippen molar-refractivity contribution < 1.29 is 9.53 Å². The van der Waals surface area contributed by atoms with Crippen LogP contribution in [0.3, 0.4) is 0 Å². The van der Waals surface area contributed by atoms with Crippen LogP contribution in [-0.2, 0) is 0 Å².